The highest BCUT2D eigenvalue weighted by molar-refractivity contribution is 5.36. The number of imidazole rings is 1. The van der Waals surface area contributed by atoms with Gasteiger partial charge in [-0.3, -0.25) is 0 Å². The highest BCUT2D eigenvalue weighted by Gasteiger charge is 2.15. The highest BCUT2D eigenvalue weighted by Crippen LogP contribution is 2.23. The Morgan fingerprint density at radius 2 is 1.88 bits per heavy atom. The van der Waals surface area contributed by atoms with Gasteiger partial charge in [0.25, 0.3) is 0 Å². The lowest BCUT2D eigenvalue weighted by molar-refractivity contribution is 0.188. The van der Waals surface area contributed by atoms with Crippen molar-refractivity contribution in [2.75, 3.05) is 7.11 Å². The topological polar surface area (TPSA) is 47.1 Å². The van der Waals surface area contributed by atoms with Gasteiger partial charge in [-0.05, 0) is 56.0 Å². The summed E-state index contributed by atoms with van der Waals surface area (Å²) in [6.07, 6.45) is 6.32. The summed E-state index contributed by atoms with van der Waals surface area (Å²) in [6, 6.07) is 14.5. The van der Waals surface area contributed by atoms with Crippen LogP contribution in [-0.2, 0) is 12.8 Å². The van der Waals surface area contributed by atoms with Crippen LogP contribution in [-0.4, -0.2) is 23.2 Å². The van der Waals surface area contributed by atoms with Crippen LogP contribution in [0, 0.1) is 13.8 Å². The molecule has 1 aromatic heterocycles. The molecule has 1 N–H and O–H groups in total. The van der Waals surface area contributed by atoms with Crippen LogP contribution in [0.25, 0.3) is 0 Å². The number of rotatable bonds is 8. The number of methoxy groups -OCH3 is 1. The van der Waals surface area contributed by atoms with Gasteiger partial charge in [-0.15, -0.1) is 0 Å². The van der Waals surface area contributed by atoms with E-state index >= 15 is 0 Å². The van der Waals surface area contributed by atoms with E-state index in [-0.39, 0.29) is 6.10 Å². The molecular formula is C22H26N2O2. The smallest absolute Gasteiger partial charge is 0.122 e. The number of hydrogen-bond acceptors (Lipinski definition) is 3. The lowest BCUT2D eigenvalue weighted by atomic mass is 10.0. The Kier molecular flexibility index (Phi) is 5.95. The van der Waals surface area contributed by atoms with E-state index in [1.807, 2.05) is 18.3 Å². The molecule has 0 saturated heterocycles. The number of aromatic amines is 1. The molecule has 3 rings (SSSR count). The molecule has 0 aliphatic rings. The van der Waals surface area contributed by atoms with Gasteiger partial charge in [-0.1, -0.05) is 29.8 Å². The van der Waals surface area contributed by atoms with Crippen molar-refractivity contribution in [3.05, 3.63) is 77.4 Å². The molecule has 0 radical (unpaired) electrons. The first-order chi connectivity index (χ1) is 12.6. The molecule has 136 valence electrons. The second-order valence-electron chi connectivity index (χ2n) is 6.64. The number of hydrogen-bond donors (Lipinski definition) is 1. The number of benzene rings is 2. The van der Waals surface area contributed by atoms with E-state index < -0.39 is 0 Å². The molecule has 0 aliphatic carbocycles. The van der Waals surface area contributed by atoms with Crippen LogP contribution in [0.1, 0.15) is 28.9 Å². The van der Waals surface area contributed by atoms with Gasteiger partial charge in [0.1, 0.15) is 23.4 Å². The minimum Gasteiger partial charge on any atom is -0.497 e. The average molecular weight is 350 g/mol. The quantitative estimate of drug-likeness (QED) is 0.643. The summed E-state index contributed by atoms with van der Waals surface area (Å²) < 4.78 is 11.6. The predicted molar refractivity (Wildman–Crippen MR) is 104 cm³/mol. The highest BCUT2D eigenvalue weighted by atomic mass is 16.5. The molecule has 0 saturated carbocycles. The first kappa shape index (κ1) is 18.1. The van der Waals surface area contributed by atoms with Crippen LogP contribution in [0.2, 0.25) is 0 Å². The molecule has 1 unspecified atom stereocenters. The number of aromatic nitrogens is 2. The summed E-state index contributed by atoms with van der Waals surface area (Å²) in [6.45, 7) is 4.19. The number of ether oxygens (including phenoxy) is 2. The molecule has 0 bridgehead atoms. The third-order valence-electron chi connectivity index (χ3n) is 4.51. The lowest BCUT2D eigenvalue weighted by Crippen LogP contribution is -2.21. The minimum atomic E-state index is 0.0599. The average Bonchev–Trinajstić information content (AvgIpc) is 3.15. The fourth-order valence-corrected chi connectivity index (χ4v) is 3.06. The number of H-pyrrole nitrogens is 1. The summed E-state index contributed by atoms with van der Waals surface area (Å²) in [4.78, 5) is 7.54. The predicted octanol–water partition coefficient (Wildman–Crippen LogP) is 4.66. The van der Waals surface area contributed by atoms with Crippen LogP contribution < -0.4 is 9.47 Å². The molecule has 0 amide bonds. The van der Waals surface area contributed by atoms with Crippen molar-refractivity contribution in [2.24, 2.45) is 0 Å². The number of aryl methyl sites for hydroxylation is 3. The van der Waals surface area contributed by atoms with Crippen molar-refractivity contribution in [1.82, 2.24) is 9.97 Å². The Hall–Kier alpha value is -2.75. The maximum atomic E-state index is 6.36. The van der Waals surface area contributed by atoms with Gasteiger partial charge in [0.2, 0.25) is 0 Å². The summed E-state index contributed by atoms with van der Waals surface area (Å²) in [7, 11) is 1.69. The largest absolute Gasteiger partial charge is 0.497 e. The van der Waals surface area contributed by atoms with Gasteiger partial charge >= 0.3 is 0 Å². The zero-order valence-corrected chi connectivity index (χ0v) is 15.7. The van der Waals surface area contributed by atoms with Gasteiger partial charge in [0, 0.05) is 18.8 Å². The van der Waals surface area contributed by atoms with Gasteiger partial charge in [-0.2, -0.15) is 0 Å². The van der Waals surface area contributed by atoms with Crippen LogP contribution in [0.15, 0.2) is 54.9 Å². The van der Waals surface area contributed by atoms with Gasteiger partial charge in [-0.25, -0.2) is 4.98 Å². The second kappa shape index (κ2) is 8.56. The fraction of sp³-hybridized carbons (Fsp3) is 0.318. The molecule has 26 heavy (non-hydrogen) atoms. The molecule has 0 fully saturated rings. The zero-order valence-electron chi connectivity index (χ0n) is 15.7. The Morgan fingerprint density at radius 3 is 2.54 bits per heavy atom. The van der Waals surface area contributed by atoms with Crippen molar-refractivity contribution in [3.8, 4) is 11.5 Å². The third kappa shape index (κ3) is 4.88. The number of nitrogens with one attached hydrogen (secondary N) is 1. The molecule has 4 nitrogen and oxygen atoms in total. The summed E-state index contributed by atoms with van der Waals surface area (Å²) >= 11 is 0. The molecular weight excluding hydrogens is 324 g/mol. The molecule has 2 aromatic carbocycles. The van der Waals surface area contributed by atoms with Gasteiger partial charge in [0.05, 0.1) is 7.11 Å². The Labute approximate surface area is 155 Å². The molecule has 1 heterocycles. The molecule has 1 atom stereocenters. The van der Waals surface area contributed by atoms with Crippen LogP contribution in [0.4, 0.5) is 0 Å². The van der Waals surface area contributed by atoms with E-state index in [1.165, 1.54) is 16.7 Å². The maximum Gasteiger partial charge on any atom is 0.122 e. The third-order valence-corrected chi connectivity index (χ3v) is 4.51. The minimum absolute atomic E-state index is 0.0599. The maximum absolute atomic E-state index is 6.36. The monoisotopic (exact) mass is 350 g/mol. The number of nitrogens with zero attached hydrogens (tertiary/aromatic N) is 1. The first-order valence-electron chi connectivity index (χ1n) is 8.99. The molecule has 4 heteroatoms. The molecule has 3 aromatic rings. The van der Waals surface area contributed by atoms with E-state index in [0.29, 0.717) is 0 Å². The zero-order chi connectivity index (χ0) is 18.4. The van der Waals surface area contributed by atoms with Crippen molar-refractivity contribution < 1.29 is 9.47 Å². The Morgan fingerprint density at radius 1 is 1.08 bits per heavy atom. The SMILES string of the molecule is COc1ccc(CCC(Cc2ncc[nH]2)Oc2ccc(C)cc2C)cc1. The fourth-order valence-electron chi connectivity index (χ4n) is 3.06. The van der Waals surface area contributed by atoms with Gasteiger partial charge in [0.15, 0.2) is 0 Å². The van der Waals surface area contributed by atoms with E-state index in [9.17, 15) is 0 Å². The normalized spacial score (nSPS) is 12.0. The van der Waals surface area contributed by atoms with Crippen LogP contribution in [0.5, 0.6) is 11.5 Å². The van der Waals surface area contributed by atoms with Crippen LogP contribution >= 0.6 is 0 Å². The standard InChI is InChI=1S/C22H26N2O2/c1-16-4-11-21(17(2)14-16)26-20(15-22-23-12-13-24-22)10-7-18-5-8-19(25-3)9-6-18/h4-6,8-9,11-14,20H,7,10,15H2,1-3H3,(H,23,24). The van der Waals surface area contributed by atoms with Crippen molar-refractivity contribution in [3.63, 3.8) is 0 Å². The molecule has 0 aliphatic heterocycles. The van der Waals surface area contributed by atoms with E-state index in [0.717, 1.165) is 36.6 Å². The summed E-state index contributed by atoms with van der Waals surface area (Å²) in [5.74, 6) is 2.78. The Balaban J connectivity index is 1.69. The van der Waals surface area contributed by atoms with Crippen molar-refractivity contribution >= 4 is 0 Å². The first-order valence-corrected chi connectivity index (χ1v) is 8.99. The van der Waals surface area contributed by atoms with Crippen molar-refractivity contribution in [2.45, 2.75) is 39.2 Å². The second-order valence-corrected chi connectivity index (χ2v) is 6.64. The van der Waals surface area contributed by atoms with Crippen molar-refractivity contribution in [1.29, 1.82) is 0 Å². The van der Waals surface area contributed by atoms with Crippen LogP contribution in [0.3, 0.4) is 0 Å². The Bertz CT molecular complexity index is 811. The van der Waals surface area contributed by atoms with Gasteiger partial charge < -0.3 is 14.5 Å². The summed E-state index contributed by atoms with van der Waals surface area (Å²) in [5.41, 5.74) is 3.69. The van der Waals surface area contributed by atoms with E-state index in [4.69, 9.17) is 9.47 Å². The lowest BCUT2D eigenvalue weighted by Gasteiger charge is -2.20. The molecule has 0 spiro atoms. The van der Waals surface area contributed by atoms with E-state index in [1.54, 1.807) is 13.3 Å². The summed E-state index contributed by atoms with van der Waals surface area (Å²) in [5, 5.41) is 0. The van der Waals surface area contributed by atoms with E-state index in [2.05, 4.69) is 54.1 Å².